The van der Waals surface area contributed by atoms with Crippen LogP contribution < -0.4 is 10.1 Å². The van der Waals surface area contributed by atoms with E-state index in [4.69, 9.17) is 4.74 Å². The summed E-state index contributed by atoms with van der Waals surface area (Å²) in [4.78, 5) is 13.1. The highest BCUT2D eigenvalue weighted by molar-refractivity contribution is 5.89. The van der Waals surface area contributed by atoms with Gasteiger partial charge in [-0.3, -0.25) is 4.79 Å². The van der Waals surface area contributed by atoms with E-state index in [2.05, 4.69) is 36.5 Å². The Kier molecular flexibility index (Phi) is 5.80. The van der Waals surface area contributed by atoms with Gasteiger partial charge in [-0.05, 0) is 36.4 Å². The lowest BCUT2D eigenvalue weighted by Crippen LogP contribution is -2.39. The highest BCUT2D eigenvalue weighted by atomic mass is 16.5. The summed E-state index contributed by atoms with van der Waals surface area (Å²) >= 11 is 0. The number of nitrogens with one attached hydrogen (secondary N) is 1. The number of fused-ring (bicyclic) bond motifs is 1. The lowest BCUT2D eigenvalue weighted by atomic mass is 9.97. The standard InChI is InChI=1S/C27H25NO2/c1-19-15-17-23(18-16-19)26(22-10-4-3-5-11-22)28-27(29)20(2)30-25-14-8-12-21-9-6-7-13-24(21)25/h3-18,20,26H,1-2H3,(H,28,29)/t20-,26-/m0/s1. The maximum absolute atomic E-state index is 13.1. The van der Waals surface area contributed by atoms with Crippen LogP contribution in [-0.2, 0) is 4.79 Å². The van der Waals surface area contributed by atoms with E-state index in [1.54, 1.807) is 6.92 Å². The van der Waals surface area contributed by atoms with E-state index in [1.165, 1.54) is 5.56 Å². The number of benzene rings is 4. The SMILES string of the molecule is Cc1ccc([C@@H](NC(=O)[C@H](C)Oc2cccc3ccccc23)c2ccccc2)cc1. The quantitative estimate of drug-likeness (QED) is 0.447. The largest absolute Gasteiger partial charge is 0.480 e. The Bertz CT molecular complexity index is 1130. The number of rotatable bonds is 6. The molecule has 1 amide bonds. The predicted molar refractivity (Wildman–Crippen MR) is 122 cm³/mol. The van der Waals surface area contributed by atoms with Crippen LogP contribution in [0.15, 0.2) is 97.1 Å². The van der Waals surface area contributed by atoms with Gasteiger partial charge in [-0.25, -0.2) is 0 Å². The molecule has 0 saturated carbocycles. The molecule has 150 valence electrons. The Morgan fingerprint density at radius 1 is 0.767 bits per heavy atom. The molecule has 4 aromatic rings. The number of ether oxygens (including phenoxy) is 1. The zero-order valence-electron chi connectivity index (χ0n) is 17.2. The Labute approximate surface area is 177 Å². The van der Waals surface area contributed by atoms with Crippen molar-refractivity contribution in [2.75, 3.05) is 0 Å². The average molecular weight is 396 g/mol. The van der Waals surface area contributed by atoms with E-state index in [-0.39, 0.29) is 11.9 Å². The van der Waals surface area contributed by atoms with Crippen LogP contribution in [0, 0.1) is 6.92 Å². The maximum atomic E-state index is 13.1. The van der Waals surface area contributed by atoms with Gasteiger partial charge in [-0.1, -0.05) is 96.6 Å². The van der Waals surface area contributed by atoms with Crippen molar-refractivity contribution in [1.29, 1.82) is 0 Å². The number of amides is 1. The predicted octanol–water partition coefficient (Wildman–Crippen LogP) is 5.82. The van der Waals surface area contributed by atoms with Crippen LogP contribution in [0.4, 0.5) is 0 Å². The maximum Gasteiger partial charge on any atom is 0.261 e. The average Bonchev–Trinajstić information content (AvgIpc) is 2.79. The Balaban J connectivity index is 1.56. The summed E-state index contributed by atoms with van der Waals surface area (Å²) in [6.07, 6.45) is -0.632. The molecule has 4 aromatic carbocycles. The molecule has 0 bridgehead atoms. The molecular formula is C27H25NO2. The van der Waals surface area contributed by atoms with Gasteiger partial charge >= 0.3 is 0 Å². The van der Waals surface area contributed by atoms with Crippen LogP contribution in [0.1, 0.15) is 29.7 Å². The summed E-state index contributed by atoms with van der Waals surface area (Å²) in [5.41, 5.74) is 3.26. The molecule has 0 unspecified atom stereocenters. The van der Waals surface area contributed by atoms with Gasteiger partial charge in [0, 0.05) is 5.39 Å². The second-order valence-electron chi connectivity index (χ2n) is 7.50. The van der Waals surface area contributed by atoms with Gasteiger partial charge in [0.25, 0.3) is 5.91 Å². The number of aryl methyl sites for hydroxylation is 1. The van der Waals surface area contributed by atoms with Crippen molar-refractivity contribution in [3.63, 3.8) is 0 Å². The Morgan fingerprint density at radius 3 is 2.17 bits per heavy atom. The first-order valence-electron chi connectivity index (χ1n) is 10.2. The minimum atomic E-state index is -0.632. The van der Waals surface area contributed by atoms with Gasteiger partial charge in [0.1, 0.15) is 5.75 Å². The van der Waals surface area contributed by atoms with Crippen molar-refractivity contribution in [2.45, 2.75) is 26.0 Å². The summed E-state index contributed by atoms with van der Waals surface area (Å²) in [7, 11) is 0. The Morgan fingerprint density at radius 2 is 1.40 bits per heavy atom. The second kappa shape index (κ2) is 8.83. The van der Waals surface area contributed by atoms with Crippen molar-refractivity contribution in [1.82, 2.24) is 5.32 Å². The third-order valence-electron chi connectivity index (χ3n) is 5.25. The zero-order valence-corrected chi connectivity index (χ0v) is 17.2. The molecule has 3 heteroatoms. The first-order chi connectivity index (χ1) is 14.6. The van der Waals surface area contributed by atoms with E-state index in [0.29, 0.717) is 5.75 Å². The zero-order chi connectivity index (χ0) is 20.9. The number of hydrogen-bond acceptors (Lipinski definition) is 2. The highest BCUT2D eigenvalue weighted by Gasteiger charge is 2.22. The number of carbonyl (C=O) groups excluding carboxylic acids is 1. The van der Waals surface area contributed by atoms with Gasteiger partial charge in [0.15, 0.2) is 6.10 Å². The fourth-order valence-corrected chi connectivity index (χ4v) is 3.57. The highest BCUT2D eigenvalue weighted by Crippen LogP contribution is 2.27. The van der Waals surface area contributed by atoms with Gasteiger partial charge in [-0.15, -0.1) is 0 Å². The molecule has 0 aliphatic rings. The lowest BCUT2D eigenvalue weighted by molar-refractivity contribution is -0.127. The summed E-state index contributed by atoms with van der Waals surface area (Å²) in [6, 6.07) is 31.9. The van der Waals surface area contributed by atoms with Crippen molar-refractivity contribution in [2.24, 2.45) is 0 Å². The smallest absolute Gasteiger partial charge is 0.261 e. The van der Waals surface area contributed by atoms with Crippen molar-refractivity contribution < 1.29 is 9.53 Å². The molecule has 0 radical (unpaired) electrons. The van der Waals surface area contributed by atoms with E-state index < -0.39 is 6.10 Å². The molecule has 0 heterocycles. The molecule has 0 aliphatic carbocycles. The third kappa shape index (κ3) is 4.36. The topological polar surface area (TPSA) is 38.3 Å². The summed E-state index contributed by atoms with van der Waals surface area (Å²) in [5.74, 6) is 0.555. The lowest BCUT2D eigenvalue weighted by Gasteiger charge is -2.23. The number of hydrogen-bond donors (Lipinski definition) is 1. The van der Waals surface area contributed by atoms with Crippen LogP contribution in [-0.4, -0.2) is 12.0 Å². The molecule has 0 fully saturated rings. The van der Waals surface area contributed by atoms with E-state index in [1.807, 2.05) is 72.8 Å². The first kappa shape index (κ1) is 19.7. The van der Waals surface area contributed by atoms with Gasteiger partial charge in [-0.2, -0.15) is 0 Å². The number of carbonyl (C=O) groups is 1. The molecule has 2 atom stereocenters. The molecule has 0 spiro atoms. The molecule has 4 rings (SSSR count). The van der Waals surface area contributed by atoms with Gasteiger partial charge in [0.2, 0.25) is 0 Å². The normalized spacial score (nSPS) is 12.9. The van der Waals surface area contributed by atoms with Gasteiger partial charge in [0.05, 0.1) is 6.04 Å². The molecule has 3 nitrogen and oxygen atoms in total. The van der Waals surface area contributed by atoms with Crippen LogP contribution in [0.2, 0.25) is 0 Å². The van der Waals surface area contributed by atoms with E-state index in [9.17, 15) is 4.79 Å². The van der Waals surface area contributed by atoms with Crippen LogP contribution >= 0.6 is 0 Å². The van der Waals surface area contributed by atoms with E-state index >= 15 is 0 Å². The molecule has 0 aromatic heterocycles. The monoisotopic (exact) mass is 395 g/mol. The molecule has 1 N–H and O–H groups in total. The fourth-order valence-electron chi connectivity index (χ4n) is 3.57. The third-order valence-corrected chi connectivity index (χ3v) is 5.25. The minimum Gasteiger partial charge on any atom is -0.480 e. The fraction of sp³-hybridized carbons (Fsp3) is 0.148. The van der Waals surface area contributed by atoms with Crippen molar-refractivity contribution >= 4 is 16.7 Å². The summed E-state index contributed by atoms with van der Waals surface area (Å²) < 4.78 is 6.07. The first-order valence-corrected chi connectivity index (χ1v) is 10.2. The molecular weight excluding hydrogens is 370 g/mol. The van der Waals surface area contributed by atoms with Crippen LogP contribution in [0.3, 0.4) is 0 Å². The molecule has 0 aliphatic heterocycles. The van der Waals surface area contributed by atoms with Gasteiger partial charge < -0.3 is 10.1 Å². The minimum absolute atomic E-state index is 0.155. The van der Waals surface area contributed by atoms with E-state index in [0.717, 1.165) is 21.9 Å². The van der Waals surface area contributed by atoms with Crippen LogP contribution in [0.5, 0.6) is 5.75 Å². The molecule has 30 heavy (non-hydrogen) atoms. The summed E-state index contributed by atoms with van der Waals surface area (Å²) in [5, 5.41) is 5.26. The van der Waals surface area contributed by atoms with Crippen molar-refractivity contribution in [3.05, 3.63) is 114 Å². The molecule has 0 saturated heterocycles. The Hall–Kier alpha value is -3.59. The summed E-state index contributed by atoms with van der Waals surface area (Å²) in [6.45, 7) is 3.84. The van der Waals surface area contributed by atoms with Crippen LogP contribution in [0.25, 0.3) is 10.8 Å². The second-order valence-corrected chi connectivity index (χ2v) is 7.50. The van der Waals surface area contributed by atoms with Crippen molar-refractivity contribution in [3.8, 4) is 5.75 Å².